The predicted octanol–water partition coefficient (Wildman–Crippen LogP) is 7.71. The Hall–Kier alpha value is -0.109. The van der Waals surface area contributed by atoms with Crippen LogP contribution < -0.4 is 4.90 Å². The topological polar surface area (TPSA) is 34.7 Å². The quantitative estimate of drug-likeness (QED) is 0.282. The van der Waals surface area contributed by atoms with E-state index in [2.05, 4.69) is 96.7 Å². The molecule has 180 valence electrons. The van der Waals surface area contributed by atoms with Gasteiger partial charge in [0.2, 0.25) is 0 Å². The molecule has 4 atom stereocenters. The van der Waals surface area contributed by atoms with Crippen molar-refractivity contribution in [1.82, 2.24) is 4.57 Å². The molecule has 0 aromatic heterocycles. The van der Waals surface area contributed by atoms with E-state index in [4.69, 9.17) is 18.6 Å². The van der Waals surface area contributed by atoms with Crippen LogP contribution in [-0.4, -0.2) is 46.9 Å². The Morgan fingerprint density at radius 2 is 1.73 bits per heavy atom. The zero-order valence-corrected chi connectivity index (χ0v) is 25.0. The van der Waals surface area contributed by atoms with Gasteiger partial charge in [-0.05, 0) is 53.0 Å². The summed E-state index contributed by atoms with van der Waals surface area (Å²) in [6.07, 6.45) is 9.82. The third kappa shape index (κ3) is 6.56. The molecule has 1 aliphatic heterocycles. The standard InChI is InChI=1S/C24H36N4Si.CH3.2ClH.Ti/c1-6-18-14-23-21(19-10-12-20(13-11-19)27(2)3)8-7-9-22(23)24(18)29(4,5)28-16-25-15-26-17-28;;;;/h7-13,18,22-24H,6,14-17H2,1-5H3;1H3;2*1H;/q-2;-1;;;+6/p-2. The van der Waals surface area contributed by atoms with E-state index >= 15 is 0 Å². The Morgan fingerprint density at radius 1 is 1.12 bits per heavy atom. The number of hydrogen-bond donors (Lipinski definition) is 0. The number of allylic oxidation sites excluding steroid dienone is 4. The summed E-state index contributed by atoms with van der Waals surface area (Å²) in [5.74, 6) is 2.09. The molecule has 0 spiro atoms. The van der Waals surface area contributed by atoms with Gasteiger partial charge in [0.1, 0.15) is 8.24 Å². The minimum absolute atomic E-state index is 0. The Balaban J connectivity index is 0.000000914. The first kappa shape index (κ1) is 29.1. The number of anilines is 1. The van der Waals surface area contributed by atoms with Crippen molar-refractivity contribution in [2.45, 2.75) is 38.4 Å². The number of fused-ring (bicyclic) bond motifs is 1. The van der Waals surface area contributed by atoms with Gasteiger partial charge in [0.05, 0.1) is 0 Å². The van der Waals surface area contributed by atoms with Crippen LogP contribution in [0.15, 0.2) is 42.5 Å². The molecule has 4 nitrogen and oxygen atoms in total. The van der Waals surface area contributed by atoms with Crippen LogP contribution in [0, 0.1) is 25.2 Å². The van der Waals surface area contributed by atoms with Crippen LogP contribution in [0.2, 0.25) is 18.6 Å². The SMILES string of the molecule is CCC1CC2C(c3ccc(N(C)C)cc3)=CC=CC2C1[Si](C)(C)N1C[N-]C[N-]C1.[CH3-].[Cl][Ti+4][Cl]. The van der Waals surface area contributed by atoms with Crippen LogP contribution in [0.1, 0.15) is 25.3 Å². The molecule has 4 unspecified atom stereocenters. The van der Waals surface area contributed by atoms with Gasteiger partial charge >= 0.3 is 35.6 Å². The van der Waals surface area contributed by atoms with Gasteiger partial charge in [-0.15, -0.1) is 13.3 Å². The molecule has 2 fully saturated rings. The maximum atomic E-state index is 4.89. The van der Waals surface area contributed by atoms with Gasteiger partial charge in [0.25, 0.3) is 0 Å². The summed E-state index contributed by atoms with van der Waals surface area (Å²) in [6, 6.07) is 9.14. The summed E-state index contributed by atoms with van der Waals surface area (Å²) in [6.45, 7) is 9.97. The number of rotatable bonds is 5. The molecule has 8 heteroatoms. The van der Waals surface area contributed by atoms with Gasteiger partial charge in [-0.25, -0.2) is 0 Å². The molecule has 4 rings (SSSR count). The Labute approximate surface area is 219 Å². The van der Waals surface area contributed by atoms with Crippen LogP contribution >= 0.6 is 18.6 Å². The second kappa shape index (κ2) is 13.3. The zero-order chi connectivity index (χ0) is 23.3. The average molecular weight is 542 g/mol. The van der Waals surface area contributed by atoms with Crippen molar-refractivity contribution in [2.75, 3.05) is 39.0 Å². The molecule has 0 radical (unpaired) electrons. The molecule has 1 heterocycles. The van der Waals surface area contributed by atoms with Gasteiger partial charge in [0.15, 0.2) is 0 Å². The fraction of sp³-hybridized carbons (Fsp3) is 0.560. The van der Waals surface area contributed by atoms with Crippen LogP contribution in [0.5, 0.6) is 0 Å². The van der Waals surface area contributed by atoms with Gasteiger partial charge in [-0.2, -0.15) is 0 Å². The number of halogens is 2. The van der Waals surface area contributed by atoms with E-state index in [-0.39, 0.29) is 7.43 Å². The first-order chi connectivity index (χ1) is 15.3. The minimum atomic E-state index is -1.66. The van der Waals surface area contributed by atoms with E-state index in [1.807, 2.05) is 0 Å². The van der Waals surface area contributed by atoms with Gasteiger partial charge in [-0.3, -0.25) is 6.67 Å². The Kier molecular flexibility index (Phi) is 11.7. The molecule has 3 aliphatic rings. The van der Waals surface area contributed by atoms with Crippen molar-refractivity contribution >= 4 is 38.1 Å². The summed E-state index contributed by atoms with van der Waals surface area (Å²) in [5, 5.41) is 9.19. The van der Waals surface area contributed by atoms with Gasteiger partial charge in [-0.1, -0.05) is 56.8 Å². The van der Waals surface area contributed by atoms with E-state index in [0.29, 0.717) is 18.5 Å². The summed E-state index contributed by atoms with van der Waals surface area (Å²) >= 11 is -0.556. The first-order valence-corrected chi connectivity index (χ1v) is 18.8. The van der Waals surface area contributed by atoms with Crippen LogP contribution in [0.3, 0.4) is 0 Å². The summed E-state index contributed by atoms with van der Waals surface area (Å²) in [5.41, 5.74) is 4.97. The number of benzene rings is 1. The molecule has 1 saturated heterocycles. The van der Waals surface area contributed by atoms with Gasteiger partial charge < -0.3 is 27.5 Å². The van der Waals surface area contributed by atoms with Crippen molar-refractivity contribution in [1.29, 1.82) is 0 Å². The van der Waals surface area contributed by atoms with Crippen molar-refractivity contribution in [3.05, 3.63) is 66.1 Å². The Bertz CT molecular complexity index is 794. The van der Waals surface area contributed by atoms with Crippen LogP contribution in [0.25, 0.3) is 16.2 Å². The van der Waals surface area contributed by atoms with E-state index in [9.17, 15) is 0 Å². The molecule has 1 aromatic rings. The van der Waals surface area contributed by atoms with E-state index in [1.54, 1.807) is 5.57 Å². The molecule has 0 amide bonds. The third-order valence-corrected chi connectivity index (χ3v) is 12.0. The Morgan fingerprint density at radius 3 is 2.27 bits per heavy atom. The second-order valence-electron chi connectivity index (χ2n) is 9.70. The zero-order valence-electron chi connectivity index (χ0n) is 20.9. The summed E-state index contributed by atoms with van der Waals surface area (Å²) in [7, 11) is 12.3. The first-order valence-electron chi connectivity index (χ1n) is 11.5. The van der Waals surface area contributed by atoms with Crippen molar-refractivity contribution in [3.63, 3.8) is 0 Å². The number of hydrogen-bond acceptors (Lipinski definition) is 2. The van der Waals surface area contributed by atoms with Crippen molar-refractivity contribution in [2.24, 2.45) is 17.8 Å². The predicted molar refractivity (Wildman–Crippen MR) is 146 cm³/mol. The summed E-state index contributed by atoms with van der Waals surface area (Å²) < 4.78 is 2.63. The van der Waals surface area contributed by atoms with Crippen molar-refractivity contribution < 1.29 is 17.0 Å². The molecule has 1 saturated carbocycles. The molecule has 0 N–H and O–H groups in total. The fourth-order valence-electron chi connectivity index (χ4n) is 5.95. The average Bonchev–Trinajstić information content (AvgIpc) is 3.20. The van der Waals surface area contributed by atoms with Crippen LogP contribution in [0.4, 0.5) is 5.69 Å². The fourth-order valence-corrected chi connectivity index (χ4v) is 10.1. The molecule has 33 heavy (non-hydrogen) atoms. The molecule has 1 aromatic carbocycles. The second-order valence-corrected chi connectivity index (χ2v) is 16.9. The monoisotopic (exact) mass is 541 g/mol. The van der Waals surface area contributed by atoms with E-state index in [0.717, 1.165) is 24.8 Å². The van der Waals surface area contributed by atoms with E-state index in [1.165, 1.54) is 24.1 Å². The summed E-state index contributed by atoms with van der Waals surface area (Å²) in [4.78, 5) is 2.17. The molecule has 0 bridgehead atoms. The maximum absolute atomic E-state index is 4.89. The van der Waals surface area contributed by atoms with Crippen molar-refractivity contribution in [3.8, 4) is 0 Å². The molecular weight excluding hydrogens is 503 g/mol. The third-order valence-electron chi connectivity index (χ3n) is 7.57. The van der Waals surface area contributed by atoms with E-state index < -0.39 is 25.3 Å². The molecule has 2 aliphatic carbocycles. The normalized spacial score (nSPS) is 27.2. The number of nitrogens with zero attached hydrogens (tertiary/aromatic N) is 4. The van der Waals surface area contributed by atoms with Gasteiger partial charge in [0, 0.05) is 19.8 Å². The molecular formula is C25H39Cl2N4SiTi+. The van der Waals surface area contributed by atoms with Crippen LogP contribution in [-0.2, 0) is 17.0 Å².